The van der Waals surface area contributed by atoms with E-state index in [1.165, 1.54) is 6.42 Å². The number of carbonyl (C=O) groups is 1. The quantitative estimate of drug-likeness (QED) is 0.811. The van der Waals surface area contributed by atoms with Crippen molar-refractivity contribution in [3.05, 3.63) is 47.5 Å². The number of ketones is 1. The average Bonchev–Trinajstić information content (AvgIpc) is 2.59. The lowest BCUT2D eigenvalue weighted by Crippen LogP contribution is -2.37. The SMILES string of the molecule is CC(CNC(C)C(O)c1ccccc1)C(=O)C1=CCCCC1. The zero-order valence-electron chi connectivity index (χ0n) is 13.6. The molecule has 3 unspecified atom stereocenters. The zero-order valence-corrected chi connectivity index (χ0v) is 13.6. The first-order valence-electron chi connectivity index (χ1n) is 8.29. The highest BCUT2D eigenvalue weighted by Crippen LogP contribution is 2.21. The molecule has 22 heavy (non-hydrogen) atoms. The van der Waals surface area contributed by atoms with Crippen molar-refractivity contribution in [2.75, 3.05) is 6.54 Å². The summed E-state index contributed by atoms with van der Waals surface area (Å²) in [5.74, 6) is 0.211. The van der Waals surface area contributed by atoms with Crippen LogP contribution in [0.3, 0.4) is 0 Å². The summed E-state index contributed by atoms with van der Waals surface area (Å²) in [6.45, 7) is 4.52. The Morgan fingerprint density at radius 3 is 2.59 bits per heavy atom. The number of hydrogen-bond donors (Lipinski definition) is 2. The van der Waals surface area contributed by atoms with Crippen molar-refractivity contribution >= 4 is 5.78 Å². The summed E-state index contributed by atoms with van der Waals surface area (Å²) < 4.78 is 0. The molecule has 3 nitrogen and oxygen atoms in total. The number of aliphatic hydroxyl groups is 1. The highest BCUT2D eigenvalue weighted by atomic mass is 16.3. The van der Waals surface area contributed by atoms with E-state index in [4.69, 9.17) is 0 Å². The molecule has 0 radical (unpaired) electrons. The Kier molecular flexibility index (Phi) is 6.34. The van der Waals surface area contributed by atoms with Crippen LogP contribution >= 0.6 is 0 Å². The van der Waals surface area contributed by atoms with Crippen molar-refractivity contribution in [3.63, 3.8) is 0 Å². The van der Waals surface area contributed by atoms with Crippen LogP contribution in [0.4, 0.5) is 0 Å². The van der Waals surface area contributed by atoms with Gasteiger partial charge in [0.15, 0.2) is 5.78 Å². The highest BCUT2D eigenvalue weighted by molar-refractivity contribution is 5.97. The van der Waals surface area contributed by atoms with Gasteiger partial charge in [-0.15, -0.1) is 0 Å². The van der Waals surface area contributed by atoms with Gasteiger partial charge in [0.05, 0.1) is 6.10 Å². The molecule has 120 valence electrons. The Balaban J connectivity index is 1.83. The molecule has 0 aromatic heterocycles. The number of benzene rings is 1. The fraction of sp³-hybridized carbons (Fsp3) is 0.526. The van der Waals surface area contributed by atoms with E-state index in [0.717, 1.165) is 30.4 Å². The number of carbonyl (C=O) groups excluding carboxylic acids is 1. The number of allylic oxidation sites excluding steroid dienone is 2. The van der Waals surface area contributed by atoms with Gasteiger partial charge in [-0.2, -0.15) is 0 Å². The molecule has 2 N–H and O–H groups in total. The van der Waals surface area contributed by atoms with E-state index in [1.54, 1.807) is 0 Å². The lowest BCUT2D eigenvalue weighted by Gasteiger charge is -2.23. The van der Waals surface area contributed by atoms with E-state index < -0.39 is 6.10 Å². The molecule has 3 atom stereocenters. The lowest BCUT2D eigenvalue weighted by molar-refractivity contribution is -0.118. The van der Waals surface area contributed by atoms with Gasteiger partial charge in [-0.1, -0.05) is 43.3 Å². The summed E-state index contributed by atoms with van der Waals surface area (Å²) in [6.07, 6.45) is 5.82. The predicted octanol–water partition coefficient (Wildman–Crippen LogP) is 3.40. The summed E-state index contributed by atoms with van der Waals surface area (Å²) in [5, 5.41) is 13.6. The minimum absolute atomic E-state index is 0.0465. The molecule has 0 saturated carbocycles. The van der Waals surface area contributed by atoms with Crippen LogP contribution in [0.15, 0.2) is 42.0 Å². The highest BCUT2D eigenvalue weighted by Gasteiger charge is 2.21. The third-order valence-corrected chi connectivity index (χ3v) is 4.42. The second-order valence-corrected chi connectivity index (χ2v) is 6.29. The summed E-state index contributed by atoms with van der Waals surface area (Å²) >= 11 is 0. The minimum atomic E-state index is -0.558. The van der Waals surface area contributed by atoms with E-state index in [-0.39, 0.29) is 17.7 Å². The van der Waals surface area contributed by atoms with Gasteiger partial charge in [0.1, 0.15) is 0 Å². The molecule has 1 aromatic rings. The van der Waals surface area contributed by atoms with Crippen molar-refractivity contribution in [1.82, 2.24) is 5.32 Å². The molecule has 0 saturated heterocycles. The Labute approximate surface area is 133 Å². The van der Waals surface area contributed by atoms with E-state index in [0.29, 0.717) is 6.54 Å². The maximum atomic E-state index is 12.4. The van der Waals surface area contributed by atoms with Gasteiger partial charge in [0, 0.05) is 18.5 Å². The Morgan fingerprint density at radius 2 is 1.95 bits per heavy atom. The van der Waals surface area contributed by atoms with Crippen LogP contribution < -0.4 is 5.32 Å². The molecule has 1 aliphatic carbocycles. The molecule has 1 aromatic carbocycles. The first-order chi connectivity index (χ1) is 10.6. The van der Waals surface area contributed by atoms with Gasteiger partial charge in [-0.3, -0.25) is 4.79 Å². The van der Waals surface area contributed by atoms with E-state index >= 15 is 0 Å². The molecule has 0 heterocycles. The van der Waals surface area contributed by atoms with Crippen molar-refractivity contribution < 1.29 is 9.90 Å². The Bertz CT molecular complexity index is 509. The van der Waals surface area contributed by atoms with Crippen LogP contribution in [0.5, 0.6) is 0 Å². The average molecular weight is 301 g/mol. The largest absolute Gasteiger partial charge is 0.387 e. The van der Waals surface area contributed by atoms with Gasteiger partial charge < -0.3 is 10.4 Å². The van der Waals surface area contributed by atoms with E-state index in [1.807, 2.05) is 44.2 Å². The summed E-state index contributed by atoms with van der Waals surface area (Å²) in [6, 6.07) is 9.54. The van der Waals surface area contributed by atoms with Crippen molar-refractivity contribution in [2.24, 2.45) is 5.92 Å². The molecular weight excluding hydrogens is 274 g/mol. The molecule has 2 rings (SSSR count). The maximum absolute atomic E-state index is 12.4. The lowest BCUT2D eigenvalue weighted by atomic mass is 9.90. The van der Waals surface area contributed by atoms with Crippen molar-refractivity contribution in [3.8, 4) is 0 Å². The monoisotopic (exact) mass is 301 g/mol. The molecule has 0 amide bonds. The molecule has 3 heteroatoms. The molecular formula is C19H27NO2. The number of aliphatic hydroxyl groups excluding tert-OH is 1. The predicted molar refractivity (Wildman–Crippen MR) is 89.6 cm³/mol. The third-order valence-electron chi connectivity index (χ3n) is 4.42. The van der Waals surface area contributed by atoms with Crippen molar-refractivity contribution in [2.45, 2.75) is 51.7 Å². The minimum Gasteiger partial charge on any atom is -0.387 e. The van der Waals surface area contributed by atoms with Gasteiger partial charge in [0.2, 0.25) is 0 Å². The fourth-order valence-corrected chi connectivity index (χ4v) is 2.88. The topological polar surface area (TPSA) is 49.3 Å². The van der Waals surface area contributed by atoms with Gasteiger partial charge in [-0.05, 0) is 43.7 Å². The molecule has 1 aliphatic rings. The maximum Gasteiger partial charge on any atom is 0.162 e. The van der Waals surface area contributed by atoms with E-state index in [2.05, 4.69) is 11.4 Å². The first-order valence-corrected chi connectivity index (χ1v) is 8.29. The molecule has 0 spiro atoms. The number of Topliss-reactive ketones (excluding diaryl/α,β-unsaturated/α-hetero) is 1. The second-order valence-electron chi connectivity index (χ2n) is 6.29. The van der Waals surface area contributed by atoms with Gasteiger partial charge in [-0.25, -0.2) is 0 Å². The normalized spacial score (nSPS) is 19.1. The summed E-state index contributed by atoms with van der Waals surface area (Å²) in [4.78, 5) is 12.4. The standard InChI is InChI=1S/C19H27NO2/c1-14(18(21)16-9-5-3-6-10-16)13-20-15(2)19(22)17-11-7-4-8-12-17/h4,7-9,11-12,14-15,19-20,22H,3,5-6,10,13H2,1-2H3. The first kappa shape index (κ1) is 16.9. The number of hydrogen-bond acceptors (Lipinski definition) is 3. The fourth-order valence-electron chi connectivity index (χ4n) is 2.88. The van der Waals surface area contributed by atoms with Gasteiger partial charge in [0.25, 0.3) is 0 Å². The second kappa shape index (κ2) is 8.25. The smallest absolute Gasteiger partial charge is 0.162 e. The zero-order chi connectivity index (χ0) is 15.9. The van der Waals surface area contributed by atoms with Gasteiger partial charge >= 0.3 is 0 Å². The van der Waals surface area contributed by atoms with Crippen molar-refractivity contribution in [1.29, 1.82) is 0 Å². The molecule has 0 fully saturated rings. The van der Waals surface area contributed by atoms with Crippen LogP contribution in [0, 0.1) is 5.92 Å². The van der Waals surface area contributed by atoms with Crippen LogP contribution in [-0.4, -0.2) is 23.5 Å². The summed E-state index contributed by atoms with van der Waals surface area (Å²) in [7, 11) is 0. The Hall–Kier alpha value is -1.45. The third kappa shape index (κ3) is 4.52. The summed E-state index contributed by atoms with van der Waals surface area (Å²) in [5.41, 5.74) is 1.90. The Morgan fingerprint density at radius 1 is 1.23 bits per heavy atom. The van der Waals surface area contributed by atoms with Crippen LogP contribution in [-0.2, 0) is 4.79 Å². The van der Waals surface area contributed by atoms with E-state index in [9.17, 15) is 9.90 Å². The van der Waals surface area contributed by atoms with Crippen LogP contribution in [0.2, 0.25) is 0 Å². The molecule has 0 bridgehead atoms. The van der Waals surface area contributed by atoms with Crippen LogP contribution in [0.1, 0.15) is 51.2 Å². The van der Waals surface area contributed by atoms with Crippen LogP contribution in [0.25, 0.3) is 0 Å². The number of nitrogens with one attached hydrogen (secondary N) is 1. The number of rotatable bonds is 7. The molecule has 0 aliphatic heterocycles.